The van der Waals surface area contributed by atoms with E-state index in [1.807, 2.05) is 46.9 Å². The molecule has 3 nitrogen and oxygen atoms in total. The van der Waals surface area contributed by atoms with Gasteiger partial charge in [0, 0.05) is 5.39 Å². The summed E-state index contributed by atoms with van der Waals surface area (Å²) in [5.74, 6) is -0.0350. The molecule has 17 heavy (non-hydrogen) atoms. The van der Waals surface area contributed by atoms with Crippen molar-refractivity contribution < 1.29 is 13.9 Å². The van der Waals surface area contributed by atoms with E-state index in [2.05, 4.69) is 4.98 Å². The van der Waals surface area contributed by atoms with Gasteiger partial charge in [0.25, 0.3) is 0 Å². The third kappa shape index (κ3) is 1.74. The smallest absolute Gasteiger partial charge is 0.230 e. The summed E-state index contributed by atoms with van der Waals surface area (Å²) >= 11 is 1.98. The Kier molecular flexibility index (Phi) is 2.62. The molecule has 2 heterocycles. The Morgan fingerprint density at radius 2 is 2.12 bits per heavy atom. The van der Waals surface area contributed by atoms with Crippen LogP contribution in [0.2, 0.25) is 0 Å². The van der Waals surface area contributed by atoms with Crippen molar-refractivity contribution >= 4 is 39.3 Å². The third-order valence-corrected chi connectivity index (χ3v) is 3.53. The summed E-state index contributed by atoms with van der Waals surface area (Å²) in [6.45, 7) is 0.111. The second-order valence-electron chi connectivity index (χ2n) is 3.52. The largest absolute Gasteiger partial charge is 0.461 e. The number of nitrogens with zero attached hydrogens (tertiary/aromatic N) is 1. The number of hydrogen-bond acceptors (Lipinski definition) is 3. The monoisotopic (exact) mass is 343 g/mol. The number of halogens is 2. The summed E-state index contributed by atoms with van der Waals surface area (Å²) in [5, 5.41) is 0.800. The summed E-state index contributed by atoms with van der Waals surface area (Å²) in [4.78, 5) is 4.26. The third-order valence-electron chi connectivity index (χ3n) is 2.48. The molecule has 0 fully saturated rings. The topological polar surface area (TPSA) is 31.4 Å². The highest BCUT2D eigenvalue weighted by molar-refractivity contribution is 14.1. The van der Waals surface area contributed by atoms with Gasteiger partial charge in [0.15, 0.2) is 11.6 Å². The number of fused-ring (bicyclic) bond motifs is 1. The Morgan fingerprint density at radius 3 is 2.88 bits per heavy atom. The predicted molar refractivity (Wildman–Crippen MR) is 69.4 cm³/mol. The number of benzene rings is 1. The fraction of sp³-hybridized carbons (Fsp3) is 0.0833. The molecule has 0 spiro atoms. The van der Waals surface area contributed by atoms with E-state index < -0.39 is 0 Å². The van der Waals surface area contributed by atoms with E-state index in [1.165, 1.54) is 6.26 Å². The van der Waals surface area contributed by atoms with Crippen LogP contribution in [-0.2, 0) is 9.47 Å². The Labute approximate surface area is 110 Å². The SMILES string of the molecule is Fc1c(C2=COCO2)nc2ccccc2c1I. The minimum atomic E-state index is -0.374. The number of hydrogen-bond donors (Lipinski definition) is 0. The average molecular weight is 343 g/mol. The molecule has 0 atom stereocenters. The molecule has 0 saturated carbocycles. The first kappa shape index (κ1) is 10.8. The Bertz CT molecular complexity index is 627. The van der Waals surface area contributed by atoms with Crippen molar-refractivity contribution in [3.63, 3.8) is 0 Å². The van der Waals surface area contributed by atoms with Gasteiger partial charge in [0.05, 0.1) is 9.09 Å². The molecule has 0 radical (unpaired) electrons. The molecular formula is C12H7FINO2. The van der Waals surface area contributed by atoms with Crippen LogP contribution in [0.15, 0.2) is 30.5 Å². The molecule has 5 heteroatoms. The van der Waals surface area contributed by atoms with Crippen molar-refractivity contribution in [3.8, 4) is 0 Å². The first-order valence-corrected chi connectivity index (χ1v) is 6.04. The summed E-state index contributed by atoms with van der Waals surface area (Å²) in [6.07, 6.45) is 1.39. The highest BCUT2D eigenvalue weighted by Crippen LogP contribution is 2.29. The normalized spacial score (nSPS) is 14.4. The number of pyridine rings is 1. The maximum atomic E-state index is 14.1. The molecule has 2 aromatic rings. The second kappa shape index (κ2) is 4.14. The molecule has 86 valence electrons. The molecule has 0 aliphatic carbocycles. The lowest BCUT2D eigenvalue weighted by atomic mass is 10.2. The summed E-state index contributed by atoms with van der Waals surface area (Å²) in [5.41, 5.74) is 0.940. The molecular weight excluding hydrogens is 336 g/mol. The Balaban J connectivity index is 2.29. The zero-order chi connectivity index (χ0) is 11.8. The molecule has 0 amide bonds. The van der Waals surface area contributed by atoms with Crippen molar-refractivity contribution in [2.24, 2.45) is 0 Å². The van der Waals surface area contributed by atoms with Crippen LogP contribution in [0.1, 0.15) is 5.69 Å². The Morgan fingerprint density at radius 1 is 1.29 bits per heavy atom. The first-order chi connectivity index (χ1) is 8.27. The van der Waals surface area contributed by atoms with E-state index in [0.717, 1.165) is 10.9 Å². The van der Waals surface area contributed by atoms with Crippen LogP contribution in [-0.4, -0.2) is 11.8 Å². The molecule has 1 aliphatic rings. The van der Waals surface area contributed by atoms with Crippen molar-refractivity contribution in [2.45, 2.75) is 0 Å². The van der Waals surface area contributed by atoms with E-state index >= 15 is 0 Å². The van der Waals surface area contributed by atoms with Crippen LogP contribution in [0.4, 0.5) is 4.39 Å². The van der Waals surface area contributed by atoms with Gasteiger partial charge in [-0.05, 0) is 28.7 Å². The van der Waals surface area contributed by atoms with E-state index in [0.29, 0.717) is 9.33 Å². The van der Waals surface area contributed by atoms with Gasteiger partial charge < -0.3 is 9.47 Å². The maximum Gasteiger partial charge on any atom is 0.230 e. The van der Waals surface area contributed by atoms with Gasteiger partial charge in [0.1, 0.15) is 12.0 Å². The fourth-order valence-electron chi connectivity index (χ4n) is 1.68. The lowest BCUT2D eigenvalue weighted by Crippen LogP contribution is -1.99. The number of para-hydroxylation sites is 1. The maximum absolute atomic E-state index is 14.1. The molecule has 0 saturated heterocycles. The van der Waals surface area contributed by atoms with Crippen LogP contribution in [0.3, 0.4) is 0 Å². The van der Waals surface area contributed by atoms with Gasteiger partial charge in [-0.1, -0.05) is 18.2 Å². The number of rotatable bonds is 1. The quantitative estimate of drug-likeness (QED) is 0.745. The van der Waals surface area contributed by atoms with E-state index in [-0.39, 0.29) is 18.3 Å². The molecule has 1 aromatic carbocycles. The van der Waals surface area contributed by atoms with E-state index in [4.69, 9.17) is 9.47 Å². The minimum absolute atomic E-state index is 0.111. The average Bonchev–Trinajstić information content (AvgIpc) is 2.87. The van der Waals surface area contributed by atoms with Gasteiger partial charge in [-0.3, -0.25) is 0 Å². The molecule has 0 bridgehead atoms. The summed E-state index contributed by atoms with van der Waals surface area (Å²) in [6, 6.07) is 7.42. The molecule has 1 aliphatic heterocycles. The number of ether oxygens (including phenoxy) is 2. The highest BCUT2D eigenvalue weighted by Gasteiger charge is 2.20. The van der Waals surface area contributed by atoms with Gasteiger partial charge in [-0.25, -0.2) is 9.37 Å². The van der Waals surface area contributed by atoms with Crippen molar-refractivity contribution in [2.75, 3.05) is 6.79 Å². The first-order valence-electron chi connectivity index (χ1n) is 4.96. The number of aromatic nitrogens is 1. The van der Waals surface area contributed by atoms with Crippen LogP contribution in [0, 0.1) is 9.39 Å². The molecule has 1 aromatic heterocycles. The predicted octanol–water partition coefficient (Wildman–Crippen LogP) is 3.28. The Hall–Kier alpha value is -1.37. The summed E-state index contributed by atoms with van der Waals surface area (Å²) < 4.78 is 24.8. The molecule has 0 N–H and O–H groups in total. The van der Waals surface area contributed by atoms with Gasteiger partial charge in [-0.15, -0.1) is 0 Å². The molecule has 3 rings (SSSR count). The van der Waals surface area contributed by atoms with Crippen LogP contribution >= 0.6 is 22.6 Å². The zero-order valence-corrected chi connectivity index (χ0v) is 10.8. The molecule has 0 unspecified atom stereocenters. The van der Waals surface area contributed by atoms with Gasteiger partial charge >= 0.3 is 0 Å². The van der Waals surface area contributed by atoms with Crippen LogP contribution in [0.5, 0.6) is 0 Å². The lowest BCUT2D eigenvalue weighted by molar-refractivity contribution is 0.1000. The van der Waals surface area contributed by atoms with Crippen molar-refractivity contribution in [3.05, 3.63) is 45.6 Å². The second-order valence-corrected chi connectivity index (χ2v) is 4.60. The summed E-state index contributed by atoms with van der Waals surface area (Å²) in [7, 11) is 0. The van der Waals surface area contributed by atoms with Crippen LogP contribution in [0.25, 0.3) is 16.7 Å². The van der Waals surface area contributed by atoms with Crippen LogP contribution < -0.4 is 0 Å². The zero-order valence-electron chi connectivity index (χ0n) is 8.61. The fourth-order valence-corrected chi connectivity index (χ4v) is 2.39. The standard InChI is InChI=1S/C12H7FINO2/c13-10-11(14)7-3-1-2-4-8(7)15-12(10)9-5-16-6-17-9/h1-5H,6H2. The van der Waals surface area contributed by atoms with E-state index in [1.54, 1.807) is 0 Å². The van der Waals surface area contributed by atoms with E-state index in [9.17, 15) is 4.39 Å². The van der Waals surface area contributed by atoms with Gasteiger partial charge in [-0.2, -0.15) is 0 Å². The highest BCUT2D eigenvalue weighted by atomic mass is 127. The lowest BCUT2D eigenvalue weighted by Gasteiger charge is -2.07. The van der Waals surface area contributed by atoms with Gasteiger partial charge in [0.2, 0.25) is 6.79 Å². The van der Waals surface area contributed by atoms with Crippen molar-refractivity contribution in [1.82, 2.24) is 4.98 Å². The minimum Gasteiger partial charge on any atom is -0.461 e. The van der Waals surface area contributed by atoms with Crippen molar-refractivity contribution in [1.29, 1.82) is 0 Å².